The van der Waals surface area contributed by atoms with Crippen molar-refractivity contribution in [3.63, 3.8) is 0 Å². The van der Waals surface area contributed by atoms with Crippen LogP contribution < -0.4 is 15.5 Å². The molecule has 1 amide bonds. The summed E-state index contributed by atoms with van der Waals surface area (Å²) in [5.41, 5.74) is 2.31. The van der Waals surface area contributed by atoms with E-state index in [0.717, 1.165) is 11.5 Å². The van der Waals surface area contributed by atoms with E-state index in [1.54, 1.807) is 12.1 Å². The molecule has 7 nitrogen and oxygen atoms in total. The number of furan rings is 1. The molecule has 0 aliphatic carbocycles. The Morgan fingerprint density at radius 1 is 1.38 bits per heavy atom. The highest BCUT2D eigenvalue weighted by Gasteiger charge is 2.19. The lowest BCUT2D eigenvalue weighted by Gasteiger charge is -2.16. The van der Waals surface area contributed by atoms with E-state index in [1.165, 1.54) is 11.8 Å². The number of aryl methyl sites for hydroxylation is 1. The molecule has 7 heteroatoms. The lowest BCUT2D eigenvalue weighted by atomic mass is 10.1. The molecule has 0 saturated carbocycles. The Hall–Kier alpha value is -2.28. The van der Waals surface area contributed by atoms with Gasteiger partial charge in [0, 0.05) is 46.3 Å². The fourth-order valence-corrected chi connectivity index (χ4v) is 2.74. The summed E-state index contributed by atoms with van der Waals surface area (Å²) in [6, 6.07) is 3.35. The van der Waals surface area contributed by atoms with E-state index in [9.17, 15) is 4.79 Å². The number of hydrogen-bond donors (Lipinski definition) is 2. The SMILES string of the molecule is CC(C)c1nn(C)c(N(C)C)c1CNCCNC(=O)c1ccco1. The highest BCUT2D eigenvalue weighted by molar-refractivity contribution is 5.91. The molecule has 0 unspecified atom stereocenters. The van der Waals surface area contributed by atoms with Crippen molar-refractivity contribution in [2.45, 2.75) is 26.3 Å². The predicted molar refractivity (Wildman–Crippen MR) is 94.4 cm³/mol. The largest absolute Gasteiger partial charge is 0.459 e. The smallest absolute Gasteiger partial charge is 0.287 e. The van der Waals surface area contributed by atoms with Crippen molar-refractivity contribution < 1.29 is 9.21 Å². The lowest BCUT2D eigenvalue weighted by Crippen LogP contribution is -2.31. The van der Waals surface area contributed by atoms with Gasteiger partial charge in [-0.1, -0.05) is 13.8 Å². The molecule has 2 heterocycles. The van der Waals surface area contributed by atoms with Crippen LogP contribution in [0.4, 0.5) is 5.82 Å². The number of anilines is 1. The Balaban J connectivity index is 1.89. The van der Waals surface area contributed by atoms with Gasteiger partial charge in [0.25, 0.3) is 5.91 Å². The second kappa shape index (κ2) is 8.01. The molecule has 132 valence electrons. The first-order valence-electron chi connectivity index (χ1n) is 8.17. The van der Waals surface area contributed by atoms with E-state index in [2.05, 4.69) is 34.5 Å². The highest BCUT2D eigenvalue weighted by atomic mass is 16.3. The fraction of sp³-hybridized carbons (Fsp3) is 0.529. The molecule has 2 N–H and O–H groups in total. The molecule has 2 aromatic heterocycles. The van der Waals surface area contributed by atoms with Crippen molar-refractivity contribution in [1.82, 2.24) is 20.4 Å². The molecule has 0 aromatic carbocycles. The number of nitrogens with zero attached hydrogens (tertiary/aromatic N) is 3. The van der Waals surface area contributed by atoms with E-state index in [-0.39, 0.29) is 5.91 Å². The third-order valence-corrected chi connectivity index (χ3v) is 3.75. The Labute approximate surface area is 143 Å². The molecule has 0 bridgehead atoms. The maximum atomic E-state index is 11.8. The van der Waals surface area contributed by atoms with Crippen molar-refractivity contribution in [2.75, 3.05) is 32.1 Å². The topological polar surface area (TPSA) is 75.3 Å². The maximum absolute atomic E-state index is 11.8. The van der Waals surface area contributed by atoms with Gasteiger partial charge >= 0.3 is 0 Å². The third kappa shape index (κ3) is 4.17. The van der Waals surface area contributed by atoms with E-state index in [0.29, 0.717) is 31.3 Å². The van der Waals surface area contributed by atoms with Crippen LogP contribution in [0.2, 0.25) is 0 Å². The van der Waals surface area contributed by atoms with Gasteiger partial charge in [-0.25, -0.2) is 0 Å². The molecule has 0 fully saturated rings. The number of nitrogens with one attached hydrogen (secondary N) is 2. The van der Waals surface area contributed by atoms with E-state index in [4.69, 9.17) is 4.42 Å². The second-order valence-electron chi connectivity index (χ2n) is 6.27. The normalized spacial score (nSPS) is 11.1. The Morgan fingerprint density at radius 3 is 2.71 bits per heavy atom. The van der Waals surface area contributed by atoms with E-state index >= 15 is 0 Å². The zero-order valence-corrected chi connectivity index (χ0v) is 15.1. The first-order chi connectivity index (χ1) is 11.4. The lowest BCUT2D eigenvalue weighted by molar-refractivity contribution is 0.0926. The second-order valence-corrected chi connectivity index (χ2v) is 6.27. The Kier molecular flexibility index (Phi) is 6.03. The summed E-state index contributed by atoms with van der Waals surface area (Å²) in [6.07, 6.45) is 1.49. The summed E-state index contributed by atoms with van der Waals surface area (Å²) < 4.78 is 6.98. The molecule has 0 saturated heterocycles. The van der Waals surface area contributed by atoms with Gasteiger partial charge in [0.2, 0.25) is 0 Å². The van der Waals surface area contributed by atoms with Crippen molar-refractivity contribution in [3.05, 3.63) is 35.4 Å². The minimum Gasteiger partial charge on any atom is -0.459 e. The van der Waals surface area contributed by atoms with Gasteiger partial charge in [-0.15, -0.1) is 0 Å². The highest BCUT2D eigenvalue weighted by Crippen LogP contribution is 2.26. The average molecular weight is 333 g/mol. The Morgan fingerprint density at radius 2 is 2.12 bits per heavy atom. The number of rotatable bonds is 8. The van der Waals surface area contributed by atoms with Crippen LogP contribution in [0.25, 0.3) is 0 Å². The van der Waals surface area contributed by atoms with Gasteiger partial charge in [0.1, 0.15) is 5.82 Å². The van der Waals surface area contributed by atoms with Gasteiger partial charge in [0.05, 0.1) is 12.0 Å². The number of hydrogen-bond acceptors (Lipinski definition) is 5. The fourth-order valence-electron chi connectivity index (χ4n) is 2.74. The number of carbonyl (C=O) groups is 1. The number of carbonyl (C=O) groups excluding carboxylic acids is 1. The molecule has 0 atom stereocenters. The molecule has 2 aromatic rings. The first-order valence-corrected chi connectivity index (χ1v) is 8.17. The molecular formula is C17H27N5O2. The first kappa shape index (κ1) is 18.1. The minimum absolute atomic E-state index is 0.194. The van der Waals surface area contributed by atoms with E-state index in [1.807, 2.05) is 25.8 Å². The van der Waals surface area contributed by atoms with Crippen LogP contribution in [0.5, 0.6) is 0 Å². The van der Waals surface area contributed by atoms with Crippen molar-refractivity contribution in [1.29, 1.82) is 0 Å². The summed E-state index contributed by atoms with van der Waals surface area (Å²) in [6.45, 7) is 6.22. The summed E-state index contributed by atoms with van der Waals surface area (Å²) in [5, 5.41) is 10.9. The number of amides is 1. The van der Waals surface area contributed by atoms with Crippen molar-refractivity contribution in [2.24, 2.45) is 7.05 Å². The van der Waals surface area contributed by atoms with Gasteiger partial charge in [-0.3, -0.25) is 9.48 Å². The van der Waals surface area contributed by atoms with Crippen LogP contribution in [0.1, 0.15) is 41.6 Å². The van der Waals surface area contributed by atoms with Crippen LogP contribution in [0, 0.1) is 0 Å². The van der Waals surface area contributed by atoms with Crippen LogP contribution in [0.15, 0.2) is 22.8 Å². The molecule has 2 rings (SSSR count). The van der Waals surface area contributed by atoms with Gasteiger partial charge in [-0.2, -0.15) is 5.10 Å². The van der Waals surface area contributed by atoms with Crippen LogP contribution in [-0.4, -0.2) is 42.9 Å². The molecule has 0 spiro atoms. The van der Waals surface area contributed by atoms with Crippen LogP contribution >= 0.6 is 0 Å². The van der Waals surface area contributed by atoms with Gasteiger partial charge in [-0.05, 0) is 18.1 Å². The summed E-state index contributed by atoms with van der Waals surface area (Å²) in [7, 11) is 6.01. The molecule has 0 aliphatic rings. The standard InChI is InChI=1S/C17H27N5O2/c1-12(2)15-13(17(21(3)4)22(5)20-15)11-18-8-9-19-16(23)14-7-6-10-24-14/h6-7,10,12,18H,8-9,11H2,1-5H3,(H,19,23). The summed E-state index contributed by atoms with van der Waals surface area (Å²) >= 11 is 0. The molecule has 0 radical (unpaired) electrons. The predicted octanol–water partition coefficient (Wildman–Crippen LogP) is 1.72. The van der Waals surface area contributed by atoms with Gasteiger partial charge in [0.15, 0.2) is 5.76 Å². The number of aromatic nitrogens is 2. The summed E-state index contributed by atoms with van der Waals surface area (Å²) in [4.78, 5) is 13.9. The Bertz CT molecular complexity index is 659. The van der Waals surface area contributed by atoms with E-state index < -0.39 is 0 Å². The molecular weight excluding hydrogens is 306 g/mol. The quantitative estimate of drug-likeness (QED) is 0.720. The third-order valence-electron chi connectivity index (χ3n) is 3.75. The van der Waals surface area contributed by atoms with Crippen LogP contribution in [0.3, 0.4) is 0 Å². The van der Waals surface area contributed by atoms with Crippen molar-refractivity contribution >= 4 is 11.7 Å². The van der Waals surface area contributed by atoms with Crippen LogP contribution in [-0.2, 0) is 13.6 Å². The zero-order chi connectivity index (χ0) is 17.7. The average Bonchev–Trinajstić information content (AvgIpc) is 3.14. The zero-order valence-electron chi connectivity index (χ0n) is 15.1. The monoisotopic (exact) mass is 333 g/mol. The molecule has 24 heavy (non-hydrogen) atoms. The maximum Gasteiger partial charge on any atom is 0.287 e. The summed E-state index contributed by atoms with van der Waals surface area (Å²) in [5.74, 6) is 1.60. The van der Waals surface area contributed by atoms with Gasteiger partial charge < -0.3 is 20.0 Å². The molecule has 0 aliphatic heterocycles. The minimum atomic E-state index is -0.194. The van der Waals surface area contributed by atoms with Crippen molar-refractivity contribution in [3.8, 4) is 0 Å².